The molecule has 0 saturated carbocycles. The minimum atomic E-state index is -1.53. The summed E-state index contributed by atoms with van der Waals surface area (Å²) in [5.41, 5.74) is 0.922. The number of carboxylic acid groups (broad SMARTS) is 1. The molecule has 2 rings (SSSR count). The molecule has 5 nitrogen and oxygen atoms in total. The minimum absolute atomic E-state index is 0.295. The second kappa shape index (κ2) is 4.16. The number of hydrogen-bond donors (Lipinski definition) is 2. The van der Waals surface area contributed by atoms with Gasteiger partial charge in [0.2, 0.25) is 5.89 Å². The summed E-state index contributed by atoms with van der Waals surface area (Å²) < 4.78 is 5.07. The molecule has 16 heavy (non-hydrogen) atoms. The van der Waals surface area contributed by atoms with Crippen molar-refractivity contribution in [3.63, 3.8) is 0 Å². The Hall–Kier alpha value is -2.14. The minimum Gasteiger partial charge on any atom is -0.479 e. The van der Waals surface area contributed by atoms with Gasteiger partial charge in [0.25, 0.3) is 0 Å². The van der Waals surface area contributed by atoms with Crippen LogP contribution in [0.1, 0.15) is 11.7 Å². The van der Waals surface area contributed by atoms with Gasteiger partial charge < -0.3 is 14.6 Å². The van der Waals surface area contributed by atoms with Gasteiger partial charge in [-0.25, -0.2) is 9.78 Å². The molecule has 5 heteroatoms. The van der Waals surface area contributed by atoms with Crippen LogP contribution in [0.2, 0.25) is 0 Å². The first-order valence-electron chi connectivity index (χ1n) is 4.59. The Morgan fingerprint density at radius 2 is 2.25 bits per heavy atom. The zero-order valence-corrected chi connectivity index (χ0v) is 8.20. The van der Waals surface area contributed by atoms with Gasteiger partial charge in [0.15, 0.2) is 6.10 Å². The quantitative estimate of drug-likeness (QED) is 0.816. The summed E-state index contributed by atoms with van der Waals surface area (Å²) in [5.74, 6) is -0.899. The molecule has 0 spiro atoms. The van der Waals surface area contributed by atoms with E-state index >= 15 is 0 Å². The zero-order valence-electron chi connectivity index (χ0n) is 8.20. The molecule has 2 aromatic rings. The van der Waals surface area contributed by atoms with E-state index < -0.39 is 12.1 Å². The molecule has 0 aliphatic heterocycles. The zero-order chi connectivity index (χ0) is 11.5. The van der Waals surface area contributed by atoms with E-state index in [1.165, 1.54) is 24.6 Å². The van der Waals surface area contributed by atoms with Crippen LogP contribution < -0.4 is 0 Å². The van der Waals surface area contributed by atoms with Crippen molar-refractivity contribution < 1.29 is 19.4 Å². The number of carbonyl (C=O) groups is 1. The summed E-state index contributed by atoms with van der Waals surface area (Å²) in [5, 5.41) is 18.0. The highest BCUT2D eigenvalue weighted by molar-refractivity contribution is 5.74. The van der Waals surface area contributed by atoms with Crippen molar-refractivity contribution in [2.24, 2.45) is 0 Å². The summed E-state index contributed by atoms with van der Waals surface area (Å²) in [6.07, 6.45) is 1.39. The van der Waals surface area contributed by atoms with Crippen LogP contribution in [-0.4, -0.2) is 21.2 Å². The highest BCUT2D eigenvalue weighted by Crippen LogP contribution is 2.21. The van der Waals surface area contributed by atoms with E-state index in [1.54, 1.807) is 12.1 Å². The number of benzene rings is 1. The lowest BCUT2D eigenvalue weighted by Crippen LogP contribution is -2.10. The van der Waals surface area contributed by atoms with Crippen molar-refractivity contribution in [2.45, 2.75) is 6.10 Å². The molecule has 0 saturated heterocycles. The first-order chi connectivity index (χ1) is 7.68. The SMILES string of the molecule is O=C(O)C(O)c1cccc(-c2ncco2)c1. The normalized spacial score (nSPS) is 12.3. The maximum absolute atomic E-state index is 10.6. The van der Waals surface area contributed by atoms with Gasteiger partial charge in [-0.1, -0.05) is 12.1 Å². The van der Waals surface area contributed by atoms with E-state index in [0.717, 1.165) is 0 Å². The number of oxazole rings is 1. The molecule has 1 aromatic carbocycles. The number of aliphatic hydroxyl groups is 1. The van der Waals surface area contributed by atoms with E-state index in [2.05, 4.69) is 4.98 Å². The fraction of sp³-hybridized carbons (Fsp3) is 0.0909. The molecule has 2 N–H and O–H groups in total. The number of aromatic nitrogens is 1. The van der Waals surface area contributed by atoms with Crippen molar-refractivity contribution in [2.75, 3.05) is 0 Å². The summed E-state index contributed by atoms with van der Waals surface area (Å²) >= 11 is 0. The highest BCUT2D eigenvalue weighted by atomic mass is 16.4. The lowest BCUT2D eigenvalue weighted by atomic mass is 10.1. The molecule has 0 radical (unpaired) electrons. The average molecular weight is 219 g/mol. The summed E-state index contributed by atoms with van der Waals surface area (Å²) in [7, 11) is 0. The van der Waals surface area contributed by atoms with Gasteiger partial charge in [-0.05, 0) is 17.7 Å². The summed E-state index contributed by atoms with van der Waals surface area (Å²) in [4.78, 5) is 14.5. The Bertz CT molecular complexity index is 492. The van der Waals surface area contributed by atoms with E-state index in [4.69, 9.17) is 9.52 Å². The van der Waals surface area contributed by atoms with Crippen molar-refractivity contribution in [3.05, 3.63) is 42.3 Å². The molecule has 0 bridgehead atoms. The third kappa shape index (κ3) is 1.94. The van der Waals surface area contributed by atoms with Crippen LogP contribution in [0.4, 0.5) is 0 Å². The predicted octanol–water partition coefficient (Wildman–Crippen LogP) is 1.46. The van der Waals surface area contributed by atoms with Gasteiger partial charge in [-0.3, -0.25) is 0 Å². The number of nitrogens with zero attached hydrogens (tertiary/aromatic N) is 1. The number of aliphatic carboxylic acids is 1. The molecule has 82 valence electrons. The van der Waals surface area contributed by atoms with Crippen LogP contribution in [0.5, 0.6) is 0 Å². The van der Waals surface area contributed by atoms with E-state index in [0.29, 0.717) is 17.0 Å². The smallest absolute Gasteiger partial charge is 0.337 e. The fourth-order valence-electron chi connectivity index (χ4n) is 1.35. The number of hydrogen-bond acceptors (Lipinski definition) is 4. The maximum atomic E-state index is 10.6. The van der Waals surface area contributed by atoms with Gasteiger partial charge in [0, 0.05) is 5.56 Å². The standard InChI is InChI=1S/C11H9NO4/c13-9(11(14)15)7-2-1-3-8(6-7)10-12-4-5-16-10/h1-6,9,13H,(H,14,15). The third-order valence-electron chi connectivity index (χ3n) is 2.12. The molecular formula is C11H9NO4. The molecule has 0 amide bonds. The van der Waals surface area contributed by atoms with E-state index in [-0.39, 0.29) is 0 Å². The predicted molar refractivity (Wildman–Crippen MR) is 54.5 cm³/mol. The topological polar surface area (TPSA) is 83.6 Å². The Labute approximate surface area is 91.0 Å². The first-order valence-corrected chi connectivity index (χ1v) is 4.59. The van der Waals surface area contributed by atoms with Crippen LogP contribution in [0.25, 0.3) is 11.5 Å². The highest BCUT2D eigenvalue weighted by Gasteiger charge is 2.16. The van der Waals surface area contributed by atoms with Crippen LogP contribution in [-0.2, 0) is 4.79 Å². The molecule has 0 aliphatic rings. The molecule has 0 fully saturated rings. The number of carboxylic acids is 1. The monoisotopic (exact) mass is 219 g/mol. The Kier molecular flexibility index (Phi) is 2.70. The number of rotatable bonds is 3. The molecule has 1 unspecified atom stereocenters. The Morgan fingerprint density at radius 3 is 2.88 bits per heavy atom. The second-order valence-corrected chi connectivity index (χ2v) is 3.20. The Morgan fingerprint density at radius 1 is 1.44 bits per heavy atom. The van der Waals surface area contributed by atoms with E-state index in [9.17, 15) is 9.90 Å². The summed E-state index contributed by atoms with van der Waals surface area (Å²) in [6, 6.07) is 6.43. The molecular weight excluding hydrogens is 210 g/mol. The van der Waals surface area contributed by atoms with Crippen LogP contribution in [0, 0.1) is 0 Å². The fourth-order valence-corrected chi connectivity index (χ4v) is 1.35. The van der Waals surface area contributed by atoms with E-state index in [1.807, 2.05) is 0 Å². The van der Waals surface area contributed by atoms with Gasteiger partial charge in [0.05, 0.1) is 6.20 Å². The summed E-state index contributed by atoms with van der Waals surface area (Å²) in [6.45, 7) is 0. The lowest BCUT2D eigenvalue weighted by molar-refractivity contribution is -0.146. The van der Waals surface area contributed by atoms with Crippen LogP contribution >= 0.6 is 0 Å². The number of aliphatic hydroxyl groups excluding tert-OH is 1. The molecule has 1 atom stereocenters. The van der Waals surface area contributed by atoms with Gasteiger partial charge >= 0.3 is 5.97 Å². The molecule has 1 heterocycles. The van der Waals surface area contributed by atoms with Gasteiger partial charge in [0.1, 0.15) is 6.26 Å². The lowest BCUT2D eigenvalue weighted by Gasteiger charge is -2.06. The van der Waals surface area contributed by atoms with Crippen molar-refractivity contribution in [1.29, 1.82) is 0 Å². The van der Waals surface area contributed by atoms with Gasteiger partial charge in [-0.2, -0.15) is 0 Å². The third-order valence-corrected chi connectivity index (χ3v) is 2.12. The van der Waals surface area contributed by atoms with Crippen LogP contribution in [0.15, 0.2) is 41.1 Å². The van der Waals surface area contributed by atoms with Crippen molar-refractivity contribution >= 4 is 5.97 Å². The van der Waals surface area contributed by atoms with Crippen molar-refractivity contribution in [1.82, 2.24) is 4.98 Å². The van der Waals surface area contributed by atoms with Crippen LogP contribution in [0.3, 0.4) is 0 Å². The first kappa shape index (κ1) is 10.4. The largest absolute Gasteiger partial charge is 0.479 e. The van der Waals surface area contributed by atoms with Gasteiger partial charge in [-0.15, -0.1) is 0 Å². The maximum Gasteiger partial charge on any atom is 0.337 e. The average Bonchev–Trinajstić information content (AvgIpc) is 2.81. The Balaban J connectivity index is 2.37. The van der Waals surface area contributed by atoms with Crippen molar-refractivity contribution in [3.8, 4) is 11.5 Å². The molecule has 0 aliphatic carbocycles. The second-order valence-electron chi connectivity index (χ2n) is 3.20. The molecule has 1 aromatic heterocycles.